The first-order valence-corrected chi connectivity index (χ1v) is 5.38. The Bertz CT molecular complexity index is 178. The highest BCUT2D eigenvalue weighted by atomic mass is 16.4. The summed E-state index contributed by atoms with van der Waals surface area (Å²) < 4.78 is 0. The van der Waals surface area contributed by atoms with E-state index in [1.54, 1.807) is 0 Å². The maximum atomic E-state index is 11.0. The number of nitrogens with zero attached hydrogens (tertiary/aromatic N) is 1. The lowest BCUT2D eigenvalue weighted by molar-refractivity contribution is -0.144. The molecule has 3 nitrogen and oxygen atoms in total. The molecule has 0 amide bonds. The minimum Gasteiger partial charge on any atom is -0.480 e. The first-order valence-electron chi connectivity index (χ1n) is 5.38. The molecule has 1 atom stereocenters. The Morgan fingerprint density at radius 3 is 2.00 bits per heavy atom. The minimum absolute atomic E-state index is 0.290. The summed E-state index contributed by atoms with van der Waals surface area (Å²) in [5, 5.41) is 9.06. The molecule has 0 saturated carbocycles. The van der Waals surface area contributed by atoms with Gasteiger partial charge in [-0.2, -0.15) is 0 Å². The molecular weight excluding hydrogens is 178 g/mol. The Kier molecular flexibility index (Phi) is 5.77. The lowest BCUT2D eigenvalue weighted by atomic mass is 10.1. The third-order valence-electron chi connectivity index (χ3n) is 2.31. The van der Waals surface area contributed by atoms with Crippen LogP contribution in [0.3, 0.4) is 0 Å². The molecule has 0 bridgehead atoms. The van der Waals surface area contributed by atoms with Crippen LogP contribution in [-0.4, -0.2) is 34.6 Å². The van der Waals surface area contributed by atoms with Gasteiger partial charge in [0, 0.05) is 12.6 Å². The molecule has 84 valence electrons. The molecule has 0 heterocycles. The molecule has 0 radical (unpaired) electrons. The highest BCUT2D eigenvalue weighted by molar-refractivity contribution is 5.73. The van der Waals surface area contributed by atoms with E-state index in [4.69, 9.17) is 5.11 Å². The molecule has 0 rings (SSSR count). The molecule has 0 fully saturated rings. The lowest BCUT2D eigenvalue weighted by Gasteiger charge is -2.33. The fourth-order valence-corrected chi connectivity index (χ4v) is 1.67. The quantitative estimate of drug-likeness (QED) is 0.716. The SMILES string of the molecule is CCC(C(=O)O)N(CC(C)C)C(C)C. The second kappa shape index (κ2) is 6.02. The highest BCUT2D eigenvalue weighted by Gasteiger charge is 2.26. The predicted molar refractivity (Wildman–Crippen MR) is 58.4 cm³/mol. The Labute approximate surface area is 87.1 Å². The van der Waals surface area contributed by atoms with Crippen molar-refractivity contribution in [3.05, 3.63) is 0 Å². The summed E-state index contributed by atoms with van der Waals surface area (Å²) in [6.45, 7) is 11.1. The van der Waals surface area contributed by atoms with E-state index in [-0.39, 0.29) is 6.04 Å². The van der Waals surface area contributed by atoms with E-state index in [0.717, 1.165) is 6.54 Å². The van der Waals surface area contributed by atoms with Crippen LogP contribution in [-0.2, 0) is 4.79 Å². The van der Waals surface area contributed by atoms with Crippen molar-refractivity contribution in [3.63, 3.8) is 0 Å². The van der Waals surface area contributed by atoms with Gasteiger partial charge in [-0.15, -0.1) is 0 Å². The molecule has 0 aliphatic carbocycles. The number of rotatable bonds is 6. The summed E-state index contributed by atoms with van der Waals surface area (Å²) >= 11 is 0. The zero-order valence-corrected chi connectivity index (χ0v) is 9.95. The number of carboxylic acid groups (broad SMARTS) is 1. The second-order valence-electron chi connectivity index (χ2n) is 4.45. The van der Waals surface area contributed by atoms with Gasteiger partial charge in [0.15, 0.2) is 0 Å². The van der Waals surface area contributed by atoms with E-state index in [9.17, 15) is 4.79 Å². The Morgan fingerprint density at radius 1 is 1.29 bits per heavy atom. The van der Waals surface area contributed by atoms with E-state index in [0.29, 0.717) is 18.4 Å². The number of carbonyl (C=O) groups is 1. The Morgan fingerprint density at radius 2 is 1.79 bits per heavy atom. The molecule has 3 heteroatoms. The number of aliphatic carboxylic acids is 1. The summed E-state index contributed by atoms with van der Waals surface area (Å²) in [5.74, 6) is -0.201. The van der Waals surface area contributed by atoms with Crippen molar-refractivity contribution >= 4 is 5.97 Å². The summed E-state index contributed by atoms with van der Waals surface area (Å²) in [4.78, 5) is 13.1. The van der Waals surface area contributed by atoms with Crippen molar-refractivity contribution in [2.45, 2.75) is 53.1 Å². The van der Waals surface area contributed by atoms with Crippen LogP contribution < -0.4 is 0 Å². The standard InChI is InChI=1S/C11H23NO2/c1-6-10(11(13)14)12(9(4)5)7-8(2)3/h8-10H,6-7H2,1-5H3,(H,13,14). The Balaban J connectivity index is 4.52. The average Bonchev–Trinajstić information content (AvgIpc) is 2.02. The third kappa shape index (κ3) is 4.09. The summed E-state index contributed by atoms with van der Waals surface area (Å²) in [6, 6.07) is -0.0455. The van der Waals surface area contributed by atoms with E-state index < -0.39 is 5.97 Å². The van der Waals surface area contributed by atoms with Crippen molar-refractivity contribution in [1.82, 2.24) is 4.90 Å². The van der Waals surface area contributed by atoms with E-state index in [2.05, 4.69) is 18.7 Å². The molecule has 0 aliphatic heterocycles. The topological polar surface area (TPSA) is 40.5 Å². The van der Waals surface area contributed by atoms with Crippen molar-refractivity contribution in [2.75, 3.05) is 6.54 Å². The molecule has 1 unspecified atom stereocenters. The van der Waals surface area contributed by atoms with Gasteiger partial charge in [-0.1, -0.05) is 20.8 Å². The fourth-order valence-electron chi connectivity index (χ4n) is 1.67. The zero-order valence-electron chi connectivity index (χ0n) is 9.95. The number of carboxylic acids is 1. The van der Waals surface area contributed by atoms with E-state index >= 15 is 0 Å². The van der Waals surface area contributed by atoms with Gasteiger partial charge in [0.25, 0.3) is 0 Å². The molecule has 0 aliphatic rings. The van der Waals surface area contributed by atoms with E-state index in [1.807, 2.05) is 20.8 Å². The van der Waals surface area contributed by atoms with Gasteiger partial charge in [0.2, 0.25) is 0 Å². The zero-order chi connectivity index (χ0) is 11.3. The highest BCUT2D eigenvalue weighted by Crippen LogP contribution is 2.12. The normalized spacial score (nSPS) is 14.0. The Hall–Kier alpha value is -0.570. The summed E-state index contributed by atoms with van der Waals surface area (Å²) in [6.07, 6.45) is 0.667. The van der Waals surface area contributed by atoms with Gasteiger partial charge in [0.1, 0.15) is 6.04 Å². The first kappa shape index (κ1) is 13.4. The van der Waals surface area contributed by atoms with Crippen LogP contribution in [0.4, 0.5) is 0 Å². The maximum Gasteiger partial charge on any atom is 0.320 e. The van der Waals surface area contributed by atoms with Crippen LogP contribution in [0.25, 0.3) is 0 Å². The van der Waals surface area contributed by atoms with Gasteiger partial charge < -0.3 is 5.11 Å². The largest absolute Gasteiger partial charge is 0.480 e. The monoisotopic (exact) mass is 201 g/mol. The minimum atomic E-state index is -0.707. The molecular formula is C11H23NO2. The number of hydrogen-bond donors (Lipinski definition) is 1. The molecule has 0 spiro atoms. The molecule has 0 aromatic heterocycles. The van der Waals surface area contributed by atoms with Crippen molar-refractivity contribution in [3.8, 4) is 0 Å². The lowest BCUT2D eigenvalue weighted by Crippen LogP contribution is -2.46. The second-order valence-corrected chi connectivity index (χ2v) is 4.45. The third-order valence-corrected chi connectivity index (χ3v) is 2.31. The summed E-state index contributed by atoms with van der Waals surface area (Å²) in [5.41, 5.74) is 0. The van der Waals surface area contributed by atoms with Gasteiger partial charge in [0.05, 0.1) is 0 Å². The van der Waals surface area contributed by atoms with Crippen molar-refractivity contribution in [2.24, 2.45) is 5.92 Å². The van der Waals surface area contributed by atoms with Crippen LogP contribution in [0.2, 0.25) is 0 Å². The van der Waals surface area contributed by atoms with Crippen LogP contribution in [0.1, 0.15) is 41.0 Å². The average molecular weight is 201 g/mol. The van der Waals surface area contributed by atoms with Gasteiger partial charge >= 0.3 is 5.97 Å². The van der Waals surface area contributed by atoms with Crippen molar-refractivity contribution in [1.29, 1.82) is 0 Å². The van der Waals surface area contributed by atoms with Crippen LogP contribution in [0.15, 0.2) is 0 Å². The fraction of sp³-hybridized carbons (Fsp3) is 0.909. The number of hydrogen-bond acceptors (Lipinski definition) is 2. The van der Waals surface area contributed by atoms with Crippen LogP contribution in [0.5, 0.6) is 0 Å². The molecule has 1 N–H and O–H groups in total. The first-order chi connectivity index (χ1) is 6.40. The van der Waals surface area contributed by atoms with Crippen molar-refractivity contribution < 1.29 is 9.90 Å². The van der Waals surface area contributed by atoms with Gasteiger partial charge in [-0.3, -0.25) is 9.69 Å². The smallest absolute Gasteiger partial charge is 0.320 e. The maximum absolute atomic E-state index is 11.0. The molecule has 0 saturated heterocycles. The van der Waals surface area contributed by atoms with E-state index in [1.165, 1.54) is 0 Å². The summed E-state index contributed by atoms with van der Waals surface area (Å²) in [7, 11) is 0. The van der Waals surface area contributed by atoms with Crippen LogP contribution >= 0.6 is 0 Å². The molecule has 14 heavy (non-hydrogen) atoms. The van der Waals surface area contributed by atoms with Crippen LogP contribution in [0, 0.1) is 5.92 Å². The predicted octanol–water partition coefficient (Wildman–Crippen LogP) is 2.22. The van der Waals surface area contributed by atoms with Gasteiger partial charge in [-0.05, 0) is 26.2 Å². The molecule has 0 aromatic rings. The van der Waals surface area contributed by atoms with Gasteiger partial charge in [-0.25, -0.2) is 0 Å². The molecule has 0 aromatic carbocycles.